The second-order valence-electron chi connectivity index (χ2n) is 5.84. The Bertz CT molecular complexity index is 754. The number of hydrogen-bond donors (Lipinski definition) is 1. The summed E-state index contributed by atoms with van der Waals surface area (Å²) in [6.07, 6.45) is 6.31. The SMILES string of the molecule is [N-]=[N+]=NCc1cn2cc(C3CC3)cc(C3(O)COC3)c2n1. The Hall–Kier alpha value is -2.08. The number of ether oxygens (including phenoxy) is 1. The van der Waals surface area contributed by atoms with Crippen LogP contribution in [0.4, 0.5) is 0 Å². The van der Waals surface area contributed by atoms with Gasteiger partial charge in [-0.3, -0.25) is 0 Å². The zero-order chi connectivity index (χ0) is 14.4. The molecule has 1 N–H and O–H groups in total. The summed E-state index contributed by atoms with van der Waals surface area (Å²) in [5.74, 6) is 0.584. The Kier molecular flexibility index (Phi) is 2.68. The number of hydrogen-bond acceptors (Lipinski definition) is 4. The van der Waals surface area contributed by atoms with Gasteiger partial charge in [0.2, 0.25) is 0 Å². The fourth-order valence-electron chi connectivity index (χ4n) is 2.78. The second-order valence-corrected chi connectivity index (χ2v) is 5.84. The first-order chi connectivity index (χ1) is 10.2. The van der Waals surface area contributed by atoms with E-state index in [2.05, 4.69) is 27.3 Å². The van der Waals surface area contributed by atoms with Crippen LogP contribution >= 0.6 is 0 Å². The van der Waals surface area contributed by atoms with E-state index < -0.39 is 5.60 Å². The summed E-state index contributed by atoms with van der Waals surface area (Å²) in [5, 5.41) is 14.2. The minimum atomic E-state index is -0.951. The lowest BCUT2D eigenvalue weighted by atomic mass is 9.91. The molecule has 0 spiro atoms. The first kappa shape index (κ1) is 12.6. The maximum absolute atomic E-state index is 10.6. The standard InChI is InChI=1S/C14H15N5O2/c15-18-16-4-11-6-19-5-10(9-1-2-9)3-12(13(19)17-11)14(20)7-21-8-14/h3,5-6,9,20H,1-2,4,7-8H2. The van der Waals surface area contributed by atoms with Crippen LogP contribution in [0.2, 0.25) is 0 Å². The summed E-state index contributed by atoms with van der Waals surface area (Å²) in [7, 11) is 0. The van der Waals surface area contributed by atoms with Crippen LogP contribution in [0.15, 0.2) is 23.6 Å². The molecule has 0 radical (unpaired) electrons. The van der Waals surface area contributed by atoms with Crippen LogP contribution in [0.3, 0.4) is 0 Å². The van der Waals surface area contributed by atoms with Gasteiger partial charge in [0.25, 0.3) is 0 Å². The molecule has 0 aromatic carbocycles. The van der Waals surface area contributed by atoms with Crippen molar-refractivity contribution in [3.05, 3.63) is 45.7 Å². The van der Waals surface area contributed by atoms with E-state index in [0.717, 1.165) is 5.56 Å². The molecular formula is C14H15N5O2. The monoisotopic (exact) mass is 285 g/mol. The van der Waals surface area contributed by atoms with Crippen molar-refractivity contribution < 1.29 is 9.84 Å². The average Bonchev–Trinajstić information content (AvgIpc) is 3.21. The molecule has 0 amide bonds. The molecule has 4 rings (SSSR count). The zero-order valence-corrected chi connectivity index (χ0v) is 11.4. The summed E-state index contributed by atoms with van der Waals surface area (Å²) in [4.78, 5) is 7.26. The molecule has 1 saturated carbocycles. The molecule has 108 valence electrons. The number of aromatic nitrogens is 2. The van der Waals surface area contributed by atoms with Crippen molar-refractivity contribution in [1.29, 1.82) is 0 Å². The van der Waals surface area contributed by atoms with Gasteiger partial charge in [-0.25, -0.2) is 4.98 Å². The number of rotatable bonds is 4. The molecule has 3 heterocycles. The molecule has 7 heteroatoms. The molecule has 2 aromatic rings. The molecule has 7 nitrogen and oxygen atoms in total. The van der Waals surface area contributed by atoms with Crippen molar-refractivity contribution in [2.24, 2.45) is 5.11 Å². The minimum absolute atomic E-state index is 0.214. The highest BCUT2D eigenvalue weighted by molar-refractivity contribution is 5.55. The van der Waals surface area contributed by atoms with E-state index in [1.807, 2.05) is 10.6 Å². The van der Waals surface area contributed by atoms with Crippen LogP contribution in [0, 0.1) is 0 Å². The van der Waals surface area contributed by atoms with E-state index >= 15 is 0 Å². The maximum Gasteiger partial charge on any atom is 0.143 e. The third kappa shape index (κ3) is 2.06. The normalized spacial score (nSPS) is 20.0. The highest BCUT2D eigenvalue weighted by atomic mass is 16.5. The Balaban J connectivity index is 1.87. The molecule has 2 aliphatic rings. The smallest absolute Gasteiger partial charge is 0.143 e. The van der Waals surface area contributed by atoms with Gasteiger partial charge in [0.1, 0.15) is 11.2 Å². The highest BCUT2D eigenvalue weighted by Crippen LogP contribution is 2.42. The van der Waals surface area contributed by atoms with Crippen LogP contribution in [0.25, 0.3) is 16.1 Å². The molecule has 1 saturated heterocycles. The fraction of sp³-hybridized carbons (Fsp3) is 0.500. The van der Waals surface area contributed by atoms with Crippen molar-refractivity contribution in [3.8, 4) is 0 Å². The topological polar surface area (TPSA) is 95.5 Å². The molecule has 1 aliphatic heterocycles. The van der Waals surface area contributed by atoms with Gasteiger partial charge in [-0.1, -0.05) is 5.11 Å². The third-order valence-corrected chi connectivity index (χ3v) is 4.15. The minimum Gasteiger partial charge on any atom is -0.380 e. The molecule has 0 unspecified atom stereocenters. The van der Waals surface area contributed by atoms with Crippen LogP contribution in [0.5, 0.6) is 0 Å². The highest BCUT2D eigenvalue weighted by Gasteiger charge is 2.41. The summed E-state index contributed by atoms with van der Waals surface area (Å²) in [6, 6.07) is 2.06. The zero-order valence-electron chi connectivity index (χ0n) is 11.4. The van der Waals surface area contributed by atoms with Crippen LogP contribution in [-0.2, 0) is 16.9 Å². The first-order valence-electron chi connectivity index (χ1n) is 7.02. The lowest BCUT2D eigenvalue weighted by Crippen LogP contribution is -2.46. The Morgan fingerprint density at radius 3 is 2.90 bits per heavy atom. The maximum atomic E-state index is 10.6. The van der Waals surface area contributed by atoms with E-state index in [1.165, 1.54) is 18.4 Å². The van der Waals surface area contributed by atoms with Crippen molar-refractivity contribution in [1.82, 2.24) is 9.38 Å². The fourth-order valence-corrected chi connectivity index (χ4v) is 2.78. The van der Waals surface area contributed by atoms with Crippen LogP contribution in [0.1, 0.15) is 35.6 Å². The molecule has 2 fully saturated rings. The van der Waals surface area contributed by atoms with Gasteiger partial charge >= 0.3 is 0 Å². The van der Waals surface area contributed by atoms with E-state index in [9.17, 15) is 5.11 Å². The predicted molar refractivity (Wildman–Crippen MR) is 74.7 cm³/mol. The van der Waals surface area contributed by atoms with Gasteiger partial charge in [0.15, 0.2) is 0 Å². The van der Waals surface area contributed by atoms with Gasteiger partial charge in [0.05, 0.1) is 25.5 Å². The third-order valence-electron chi connectivity index (χ3n) is 4.15. The largest absolute Gasteiger partial charge is 0.380 e. The van der Waals surface area contributed by atoms with E-state index in [1.54, 1.807) is 0 Å². The molecule has 1 aliphatic carbocycles. The number of aliphatic hydroxyl groups is 1. The van der Waals surface area contributed by atoms with Crippen molar-refractivity contribution in [2.45, 2.75) is 30.9 Å². The van der Waals surface area contributed by atoms with E-state index in [4.69, 9.17) is 10.3 Å². The second kappa shape index (κ2) is 4.46. The summed E-state index contributed by atoms with van der Waals surface area (Å²) < 4.78 is 7.11. The average molecular weight is 285 g/mol. The number of imidazole rings is 1. The first-order valence-corrected chi connectivity index (χ1v) is 7.02. The molecule has 0 atom stereocenters. The predicted octanol–water partition coefficient (Wildman–Crippen LogP) is 2.24. The van der Waals surface area contributed by atoms with Gasteiger partial charge in [-0.15, -0.1) is 0 Å². The molecular weight excluding hydrogens is 270 g/mol. The number of azide groups is 1. The van der Waals surface area contributed by atoms with E-state index in [-0.39, 0.29) is 6.54 Å². The Morgan fingerprint density at radius 1 is 1.48 bits per heavy atom. The number of fused-ring (bicyclic) bond motifs is 1. The number of nitrogens with zero attached hydrogens (tertiary/aromatic N) is 5. The summed E-state index contributed by atoms with van der Waals surface area (Å²) in [6.45, 7) is 0.815. The lowest BCUT2D eigenvalue weighted by Gasteiger charge is -2.37. The van der Waals surface area contributed by atoms with Crippen molar-refractivity contribution in [2.75, 3.05) is 13.2 Å². The summed E-state index contributed by atoms with van der Waals surface area (Å²) >= 11 is 0. The number of pyridine rings is 1. The Morgan fingerprint density at radius 2 is 2.29 bits per heavy atom. The lowest BCUT2D eigenvalue weighted by molar-refractivity contribution is -0.184. The van der Waals surface area contributed by atoms with Gasteiger partial charge in [-0.05, 0) is 35.9 Å². The molecule has 0 bridgehead atoms. The Labute approximate surface area is 120 Å². The van der Waals surface area contributed by atoms with Gasteiger partial charge < -0.3 is 14.2 Å². The van der Waals surface area contributed by atoms with Gasteiger partial charge in [-0.2, -0.15) is 0 Å². The van der Waals surface area contributed by atoms with Crippen LogP contribution in [-0.4, -0.2) is 27.7 Å². The molecule has 21 heavy (non-hydrogen) atoms. The summed E-state index contributed by atoms with van der Waals surface area (Å²) in [5.41, 5.74) is 10.9. The van der Waals surface area contributed by atoms with E-state index in [0.29, 0.717) is 30.5 Å². The van der Waals surface area contributed by atoms with Gasteiger partial charge in [0, 0.05) is 22.9 Å². The van der Waals surface area contributed by atoms with Crippen molar-refractivity contribution >= 4 is 5.65 Å². The van der Waals surface area contributed by atoms with Crippen LogP contribution < -0.4 is 0 Å². The van der Waals surface area contributed by atoms with Crippen molar-refractivity contribution in [3.63, 3.8) is 0 Å². The quantitative estimate of drug-likeness (QED) is 0.530. The molecule has 2 aromatic heterocycles.